The van der Waals surface area contributed by atoms with Crippen molar-refractivity contribution in [3.8, 4) is 0 Å². The molecule has 0 aliphatic heterocycles. The van der Waals surface area contributed by atoms with E-state index in [1.807, 2.05) is 6.92 Å². The van der Waals surface area contributed by atoms with Gasteiger partial charge < -0.3 is 4.74 Å². The van der Waals surface area contributed by atoms with Gasteiger partial charge in [0.1, 0.15) is 4.88 Å². The van der Waals surface area contributed by atoms with Crippen molar-refractivity contribution in [1.29, 1.82) is 0 Å². The highest BCUT2D eigenvalue weighted by Crippen LogP contribution is 2.48. The first-order valence-electron chi connectivity index (χ1n) is 9.10. The van der Waals surface area contributed by atoms with E-state index in [0.29, 0.717) is 11.5 Å². The largest absolute Gasteiger partial charge is 0.462 e. The minimum absolute atomic E-state index is 0.187. The molecule has 0 atom stereocenters. The molecule has 0 saturated carbocycles. The number of ether oxygens (including phenoxy) is 1. The number of thiazole rings is 1. The monoisotopic (exact) mass is 389 g/mol. The SMILES string of the molecule is CCOC(=O)c1cnc(Sc2cc3c(cc2C)C(C)(C)CCC3(C)C)s1. The Kier molecular flexibility index (Phi) is 5.24. The molecule has 1 aliphatic carbocycles. The second-order valence-corrected chi connectivity index (χ2v) is 10.6. The third-order valence-corrected chi connectivity index (χ3v) is 7.52. The molecule has 1 heterocycles. The predicted octanol–water partition coefficient (Wildman–Crippen LogP) is 6.13. The standard InChI is InChI=1S/C21H27NO2S2/c1-7-24-18(23)17-12-22-19(26-17)25-16-11-15-14(10-13(16)2)20(3,4)8-9-21(15,5)6/h10-12H,7-9H2,1-6H3. The Morgan fingerprint density at radius 3 is 2.42 bits per heavy atom. The van der Waals surface area contributed by atoms with Gasteiger partial charge >= 0.3 is 5.97 Å². The van der Waals surface area contributed by atoms with Crippen LogP contribution in [0.25, 0.3) is 0 Å². The molecule has 1 aliphatic rings. The molecule has 3 rings (SSSR count). The summed E-state index contributed by atoms with van der Waals surface area (Å²) in [5.41, 5.74) is 4.60. The van der Waals surface area contributed by atoms with Crippen molar-refractivity contribution < 1.29 is 9.53 Å². The topological polar surface area (TPSA) is 39.2 Å². The van der Waals surface area contributed by atoms with Gasteiger partial charge in [0.15, 0.2) is 4.34 Å². The summed E-state index contributed by atoms with van der Waals surface area (Å²) in [7, 11) is 0. The Hall–Kier alpha value is -1.33. The number of carbonyl (C=O) groups is 1. The number of carbonyl (C=O) groups excluding carboxylic acids is 1. The Balaban J connectivity index is 1.94. The smallest absolute Gasteiger partial charge is 0.349 e. The van der Waals surface area contributed by atoms with Gasteiger partial charge in [-0.05, 0) is 60.3 Å². The van der Waals surface area contributed by atoms with Crippen LogP contribution in [0.4, 0.5) is 0 Å². The number of esters is 1. The number of hydrogen-bond donors (Lipinski definition) is 0. The average Bonchev–Trinajstić information content (AvgIpc) is 3.02. The number of aryl methyl sites for hydroxylation is 1. The van der Waals surface area contributed by atoms with Gasteiger partial charge in [-0.1, -0.05) is 45.5 Å². The van der Waals surface area contributed by atoms with Gasteiger partial charge in [-0.3, -0.25) is 0 Å². The first-order chi connectivity index (χ1) is 12.1. The van der Waals surface area contributed by atoms with E-state index in [4.69, 9.17) is 4.74 Å². The van der Waals surface area contributed by atoms with E-state index in [0.717, 1.165) is 4.34 Å². The van der Waals surface area contributed by atoms with Crippen LogP contribution in [0, 0.1) is 6.92 Å². The van der Waals surface area contributed by atoms with Gasteiger partial charge in [0.05, 0.1) is 12.8 Å². The highest BCUT2D eigenvalue weighted by atomic mass is 32.2. The van der Waals surface area contributed by atoms with Crippen molar-refractivity contribution in [3.63, 3.8) is 0 Å². The summed E-state index contributed by atoms with van der Waals surface area (Å²) in [6.07, 6.45) is 4.03. The van der Waals surface area contributed by atoms with Crippen LogP contribution < -0.4 is 0 Å². The van der Waals surface area contributed by atoms with E-state index in [1.165, 1.54) is 45.8 Å². The maximum absolute atomic E-state index is 11.9. The fraction of sp³-hybridized carbons (Fsp3) is 0.524. The summed E-state index contributed by atoms with van der Waals surface area (Å²) in [6.45, 7) is 13.7. The second kappa shape index (κ2) is 7.01. The van der Waals surface area contributed by atoms with Crippen LogP contribution in [0.15, 0.2) is 27.6 Å². The highest BCUT2D eigenvalue weighted by molar-refractivity contribution is 8.01. The summed E-state index contributed by atoms with van der Waals surface area (Å²) in [6, 6.07) is 4.71. The maximum Gasteiger partial charge on any atom is 0.349 e. The highest BCUT2D eigenvalue weighted by Gasteiger charge is 2.37. The lowest BCUT2D eigenvalue weighted by Crippen LogP contribution is -2.34. The maximum atomic E-state index is 11.9. The number of nitrogens with zero attached hydrogens (tertiary/aromatic N) is 1. The van der Waals surface area contributed by atoms with Crippen LogP contribution in [0.5, 0.6) is 0 Å². The van der Waals surface area contributed by atoms with Crippen LogP contribution >= 0.6 is 23.1 Å². The van der Waals surface area contributed by atoms with Crippen molar-refractivity contribution in [2.75, 3.05) is 6.61 Å². The number of aromatic nitrogens is 1. The van der Waals surface area contributed by atoms with Crippen LogP contribution in [0.3, 0.4) is 0 Å². The average molecular weight is 390 g/mol. The van der Waals surface area contributed by atoms with E-state index in [-0.39, 0.29) is 16.8 Å². The molecule has 0 saturated heterocycles. The van der Waals surface area contributed by atoms with Gasteiger partial charge in [0.25, 0.3) is 0 Å². The molecule has 26 heavy (non-hydrogen) atoms. The van der Waals surface area contributed by atoms with E-state index >= 15 is 0 Å². The lowest BCUT2D eigenvalue weighted by molar-refractivity contribution is 0.0532. The van der Waals surface area contributed by atoms with Gasteiger partial charge in [0.2, 0.25) is 0 Å². The molecule has 3 nitrogen and oxygen atoms in total. The fourth-order valence-corrected chi connectivity index (χ4v) is 5.44. The zero-order valence-electron chi connectivity index (χ0n) is 16.4. The summed E-state index contributed by atoms with van der Waals surface area (Å²) in [5, 5.41) is 0. The molecule has 140 valence electrons. The van der Waals surface area contributed by atoms with E-state index < -0.39 is 0 Å². The Bertz CT molecular complexity index is 837. The Morgan fingerprint density at radius 2 is 1.81 bits per heavy atom. The number of benzene rings is 1. The van der Waals surface area contributed by atoms with Crippen molar-refractivity contribution in [1.82, 2.24) is 4.98 Å². The molecule has 0 amide bonds. The molecule has 0 N–H and O–H groups in total. The summed E-state index contributed by atoms with van der Waals surface area (Å²) in [4.78, 5) is 18.1. The van der Waals surface area contributed by atoms with Crippen molar-refractivity contribution in [3.05, 3.63) is 39.9 Å². The van der Waals surface area contributed by atoms with Gasteiger partial charge in [-0.2, -0.15) is 0 Å². The minimum Gasteiger partial charge on any atom is -0.462 e. The molecule has 1 aromatic heterocycles. The van der Waals surface area contributed by atoms with E-state index in [2.05, 4.69) is 51.7 Å². The zero-order valence-corrected chi connectivity index (χ0v) is 18.1. The third-order valence-electron chi connectivity index (χ3n) is 5.31. The normalized spacial score (nSPS) is 17.6. The molecule has 5 heteroatoms. The molecule has 0 bridgehead atoms. The first kappa shape index (κ1) is 19.4. The number of hydrogen-bond acceptors (Lipinski definition) is 5. The number of rotatable bonds is 4. The van der Waals surface area contributed by atoms with E-state index in [1.54, 1.807) is 18.0 Å². The molecule has 2 aromatic rings. The molecule has 0 fully saturated rings. The summed E-state index contributed by atoms with van der Waals surface area (Å²) < 4.78 is 5.94. The molecule has 0 radical (unpaired) electrons. The predicted molar refractivity (Wildman–Crippen MR) is 109 cm³/mol. The third kappa shape index (κ3) is 3.70. The van der Waals surface area contributed by atoms with Gasteiger partial charge in [0, 0.05) is 4.90 Å². The summed E-state index contributed by atoms with van der Waals surface area (Å²) in [5.74, 6) is -0.290. The lowest BCUT2D eigenvalue weighted by atomic mass is 9.63. The van der Waals surface area contributed by atoms with Crippen LogP contribution in [-0.4, -0.2) is 17.6 Å². The van der Waals surface area contributed by atoms with Crippen LogP contribution in [-0.2, 0) is 15.6 Å². The molecule has 0 unspecified atom stereocenters. The Labute approximate surface area is 164 Å². The Morgan fingerprint density at radius 1 is 1.19 bits per heavy atom. The molecular weight excluding hydrogens is 362 g/mol. The van der Waals surface area contributed by atoms with Gasteiger partial charge in [-0.25, -0.2) is 9.78 Å². The molecule has 0 spiro atoms. The molecule has 1 aromatic carbocycles. The first-order valence-corrected chi connectivity index (χ1v) is 10.7. The quantitative estimate of drug-likeness (QED) is 0.590. The van der Waals surface area contributed by atoms with Crippen molar-refractivity contribution in [2.24, 2.45) is 0 Å². The zero-order chi connectivity index (χ0) is 19.1. The van der Waals surface area contributed by atoms with Crippen molar-refractivity contribution >= 4 is 29.1 Å². The fourth-order valence-electron chi connectivity index (χ4n) is 3.51. The summed E-state index contributed by atoms with van der Waals surface area (Å²) >= 11 is 3.04. The number of fused-ring (bicyclic) bond motifs is 1. The molecular formula is C21H27NO2S2. The van der Waals surface area contributed by atoms with Crippen molar-refractivity contribution in [2.45, 2.75) is 74.4 Å². The van der Waals surface area contributed by atoms with Gasteiger partial charge in [-0.15, -0.1) is 11.3 Å². The lowest BCUT2D eigenvalue weighted by Gasteiger charge is -2.42. The second-order valence-electron chi connectivity index (χ2n) is 8.24. The minimum atomic E-state index is -0.290. The van der Waals surface area contributed by atoms with E-state index in [9.17, 15) is 4.79 Å². The van der Waals surface area contributed by atoms with Crippen LogP contribution in [0.2, 0.25) is 0 Å². The van der Waals surface area contributed by atoms with Crippen LogP contribution in [0.1, 0.15) is 73.8 Å².